The molecule has 0 aliphatic rings. The molecule has 0 bridgehead atoms. The van der Waals surface area contributed by atoms with Gasteiger partial charge in [-0.1, -0.05) is 0 Å². The molecule has 3 amide bonds. The summed E-state index contributed by atoms with van der Waals surface area (Å²) >= 11 is 0. The van der Waals surface area contributed by atoms with Gasteiger partial charge in [0.25, 0.3) is 0 Å². The molecule has 11 heteroatoms. The molecule has 7 N–H and O–H groups in total. The molecule has 2 atom stereocenters. The van der Waals surface area contributed by atoms with Crippen LogP contribution in [0, 0.1) is 0 Å². The van der Waals surface area contributed by atoms with E-state index in [1.807, 2.05) is 0 Å². The minimum Gasteiger partial charge on any atom is -0.481 e. The minimum atomic E-state index is -1.38. The van der Waals surface area contributed by atoms with Gasteiger partial charge in [0.15, 0.2) is 0 Å². The third-order valence-corrected chi connectivity index (χ3v) is 2.56. The highest BCUT2D eigenvalue weighted by atomic mass is 16.4. The highest BCUT2D eigenvalue weighted by Crippen LogP contribution is 1.97. The van der Waals surface area contributed by atoms with Crippen molar-refractivity contribution in [3.05, 3.63) is 0 Å². The topological polar surface area (TPSA) is 188 Å². The largest absolute Gasteiger partial charge is 0.481 e. The van der Waals surface area contributed by atoms with Crippen LogP contribution >= 0.6 is 0 Å². The fraction of sp³-hybridized carbons (Fsp3) is 0.583. The molecule has 0 aromatic carbocycles. The molecule has 0 saturated heterocycles. The first-order chi connectivity index (χ1) is 10.6. The summed E-state index contributed by atoms with van der Waals surface area (Å²) in [5.41, 5.74) is 5.27. The molecule has 0 saturated carbocycles. The number of carbonyl (C=O) groups excluding carboxylic acids is 3. The van der Waals surface area contributed by atoms with E-state index in [-0.39, 0.29) is 13.0 Å². The Morgan fingerprint density at radius 1 is 1.00 bits per heavy atom. The maximum atomic E-state index is 11.5. The third kappa shape index (κ3) is 9.79. The van der Waals surface area contributed by atoms with E-state index in [4.69, 9.17) is 15.9 Å². The lowest BCUT2D eigenvalue weighted by atomic mass is 10.1. The number of aliphatic carboxylic acids is 2. The summed E-state index contributed by atoms with van der Waals surface area (Å²) in [4.78, 5) is 55.3. The summed E-state index contributed by atoms with van der Waals surface area (Å²) in [6, 6.07) is -2.15. The quantitative estimate of drug-likeness (QED) is 0.244. The number of carboxylic acids is 2. The van der Waals surface area contributed by atoms with E-state index in [1.54, 1.807) is 0 Å². The second-order valence-corrected chi connectivity index (χ2v) is 4.67. The van der Waals surface area contributed by atoms with Crippen molar-refractivity contribution in [1.82, 2.24) is 16.0 Å². The zero-order valence-electron chi connectivity index (χ0n) is 12.5. The summed E-state index contributed by atoms with van der Waals surface area (Å²) in [7, 11) is 0. The Labute approximate surface area is 131 Å². The molecule has 23 heavy (non-hydrogen) atoms. The molecular formula is C12H20N4O7. The summed E-state index contributed by atoms with van der Waals surface area (Å²) in [5.74, 6) is -4.57. The number of rotatable bonds is 10. The number of hydrogen-bond donors (Lipinski definition) is 6. The molecule has 0 aromatic heterocycles. The number of nitrogens with one attached hydrogen (secondary N) is 3. The van der Waals surface area contributed by atoms with Crippen LogP contribution in [-0.2, 0) is 24.0 Å². The van der Waals surface area contributed by atoms with Crippen LogP contribution in [0.1, 0.15) is 19.8 Å². The standard InChI is InChI=1S/C12H20N4O7/c1-6(13)11(21)15-4-8(17)14-5-9(18)16-7(12(22)23)2-3-10(19)20/h6-7H,2-5,13H2,1H3,(H,14,17)(H,15,21)(H,16,18)(H,19,20)(H,22,23). The lowest BCUT2D eigenvalue weighted by Gasteiger charge is -2.14. The molecular weight excluding hydrogens is 312 g/mol. The summed E-state index contributed by atoms with van der Waals surface area (Å²) in [6.45, 7) is 0.544. The van der Waals surface area contributed by atoms with Crippen molar-refractivity contribution in [2.45, 2.75) is 31.8 Å². The van der Waals surface area contributed by atoms with Gasteiger partial charge in [0.05, 0.1) is 19.1 Å². The maximum Gasteiger partial charge on any atom is 0.326 e. The second kappa shape index (κ2) is 10.1. The number of carboxylic acid groups (broad SMARTS) is 2. The Balaban J connectivity index is 4.16. The minimum absolute atomic E-state index is 0.283. The van der Waals surface area contributed by atoms with E-state index >= 15 is 0 Å². The summed E-state index contributed by atoms with van der Waals surface area (Å²) < 4.78 is 0. The molecule has 0 aromatic rings. The number of nitrogens with two attached hydrogens (primary N) is 1. The van der Waals surface area contributed by atoms with Gasteiger partial charge in [-0.2, -0.15) is 0 Å². The van der Waals surface area contributed by atoms with Crippen LogP contribution in [0.15, 0.2) is 0 Å². The van der Waals surface area contributed by atoms with Gasteiger partial charge in [-0.05, 0) is 13.3 Å². The Morgan fingerprint density at radius 3 is 2.04 bits per heavy atom. The molecule has 0 aliphatic heterocycles. The van der Waals surface area contributed by atoms with Crippen LogP contribution in [0.5, 0.6) is 0 Å². The average molecular weight is 332 g/mol. The summed E-state index contributed by atoms with van der Waals surface area (Å²) in [5, 5.41) is 23.8. The first-order valence-electron chi connectivity index (χ1n) is 6.67. The number of carbonyl (C=O) groups is 5. The van der Waals surface area contributed by atoms with Gasteiger partial charge < -0.3 is 31.9 Å². The predicted octanol–water partition coefficient (Wildman–Crippen LogP) is -3.00. The molecule has 0 heterocycles. The van der Waals surface area contributed by atoms with E-state index in [0.717, 1.165) is 0 Å². The highest BCUT2D eigenvalue weighted by molar-refractivity contribution is 5.90. The zero-order chi connectivity index (χ0) is 18.0. The normalized spacial score (nSPS) is 12.6. The van der Waals surface area contributed by atoms with Gasteiger partial charge in [0, 0.05) is 6.42 Å². The number of amides is 3. The fourth-order valence-electron chi connectivity index (χ4n) is 1.34. The lowest BCUT2D eigenvalue weighted by Crippen LogP contribution is -2.48. The molecule has 0 spiro atoms. The first kappa shape index (κ1) is 20.3. The van der Waals surface area contributed by atoms with Gasteiger partial charge in [-0.15, -0.1) is 0 Å². The fourth-order valence-corrected chi connectivity index (χ4v) is 1.34. The molecule has 0 fully saturated rings. The van der Waals surface area contributed by atoms with Crippen LogP contribution in [0.4, 0.5) is 0 Å². The lowest BCUT2D eigenvalue weighted by molar-refractivity contribution is -0.143. The van der Waals surface area contributed by atoms with Crippen LogP contribution in [0.3, 0.4) is 0 Å². The average Bonchev–Trinajstić information content (AvgIpc) is 2.45. The van der Waals surface area contributed by atoms with Gasteiger partial charge >= 0.3 is 11.9 Å². The van der Waals surface area contributed by atoms with Crippen LogP contribution in [-0.4, -0.2) is 65.0 Å². The molecule has 130 valence electrons. The first-order valence-corrected chi connectivity index (χ1v) is 6.67. The Kier molecular flexibility index (Phi) is 8.92. The molecule has 11 nitrogen and oxygen atoms in total. The van der Waals surface area contributed by atoms with Gasteiger partial charge in [0.2, 0.25) is 17.7 Å². The van der Waals surface area contributed by atoms with E-state index in [9.17, 15) is 24.0 Å². The van der Waals surface area contributed by atoms with Crippen molar-refractivity contribution in [3.63, 3.8) is 0 Å². The molecule has 2 unspecified atom stereocenters. The van der Waals surface area contributed by atoms with Crippen molar-refractivity contribution in [2.24, 2.45) is 5.73 Å². The van der Waals surface area contributed by atoms with E-state index in [0.29, 0.717) is 0 Å². The van der Waals surface area contributed by atoms with E-state index in [2.05, 4.69) is 16.0 Å². The van der Waals surface area contributed by atoms with Crippen molar-refractivity contribution in [2.75, 3.05) is 13.1 Å². The third-order valence-electron chi connectivity index (χ3n) is 2.56. The van der Waals surface area contributed by atoms with Crippen molar-refractivity contribution in [3.8, 4) is 0 Å². The van der Waals surface area contributed by atoms with Crippen molar-refractivity contribution in [1.29, 1.82) is 0 Å². The summed E-state index contributed by atoms with van der Waals surface area (Å²) in [6.07, 6.45) is -0.707. The Hall–Kier alpha value is -2.69. The monoisotopic (exact) mass is 332 g/mol. The SMILES string of the molecule is CC(N)C(=O)NCC(=O)NCC(=O)NC(CCC(=O)O)C(=O)O. The molecule has 0 radical (unpaired) electrons. The maximum absolute atomic E-state index is 11.5. The van der Waals surface area contributed by atoms with Crippen LogP contribution in [0.2, 0.25) is 0 Å². The van der Waals surface area contributed by atoms with Gasteiger partial charge in [-0.25, -0.2) is 4.79 Å². The zero-order valence-corrected chi connectivity index (χ0v) is 12.5. The van der Waals surface area contributed by atoms with E-state index in [1.165, 1.54) is 6.92 Å². The van der Waals surface area contributed by atoms with Gasteiger partial charge in [-0.3, -0.25) is 19.2 Å². The molecule has 0 rings (SSSR count). The Bertz CT molecular complexity index is 478. The second-order valence-electron chi connectivity index (χ2n) is 4.67. The highest BCUT2D eigenvalue weighted by Gasteiger charge is 2.21. The number of hydrogen-bond acceptors (Lipinski definition) is 6. The van der Waals surface area contributed by atoms with Crippen LogP contribution in [0.25, 0.3) is 0 Å². The molecule has 0 aliphatic carbocycles. The predicted molar refractivity (Wildman–Crippen MR) is 76.1 cm³/mol. The smallest absolute Gasteiger partial charge is 0.326 e. The Morgan fingerprint density at radius 2 is 1.57 bits per heavy atom. The van der Waals surface area contributed by atoms with Gasteiger partial charge in [0.1, 0.15) is 6.04 Å². The van der Waals surface area contributed by atoms with Crippen molar-refractivity contribution >= 4 is 29.7 Å². The van der Waals surface area contributed by atoms with Crippen LogP contribution < -0.4 is 21.7 Å². The van der Waals surface area contributed by atoms with Crippen molar-refractivity contribution < 1.29 is 34.2 Å². The van der Waals surface area contributed by atoms with E-state index < -0.39 is 54.7 Å².